The van der Waals surface area contributed by atoms with Gasteiger partial charge in [-0.3, -0.25) is 4.90 Å². The summed E-state index contributed by atoms with van der Waals surface area (Å²) in [6.45, 7) is 3.57. The van der Waals surface area contributed by atoms with Gasteiger partial charge in [0.25, 0.3) is 0 Å². The Balaban J connectivity index is 1.89. The van der Waals surface area contributed by atoms with Gasteiger partial charge < -0.3 is 5.73 Å². The molecule has 6 heteroatoms. The van der Waals surface area contributed by atoms with Gasteiger partial charge >= 0.3 is 0 Å². The van der Waals surface area contributed by atoms with E-state index in [4.69, 9.17) is 5.73 Å². The van der Waals surface area contributed by atoms with Crippen LogP contribution in [0.1, 0.15) is 19.3 Å². The van der Waals surface area contributed by atoms with Gasteiger partial charge in [-0.05, 0) is 18.8 Å². The summed E-state index contributed by atoms with van der Waals surface area (Å²) in [6.07, 6.45) is 5.18. The molecule has 100 valence electrons. The highest BCUT2D eigenvalue weighted by atomic mass is 32.2. The lowest BCUT2D eigenvalue weighted by molar-refractivity contribution is 0.0718. The molecule has 2 N–H and O–H groups in total. The third-order valence-electron chi connectivity index (χ3n) is 4.15. The van der Waals surface area contributed by atoms with Crippen molar-refractivity contribution in [3.05, 3.63) is 0 Å². The molecule has 0 aromatic carbocycles. The van der Waals surface area contributed by atoms with Crippen molar-refractivity contribution in [2.45, 2.75) is 25.3 Å². The topological polar surface area (TPSA) is 66.6 Å². The Hall–Kier alpha value is -0.170. The first-order valence-corrected chi connectivity index (χ1v) is 8.26. The molecule has 0 amide bonds. The maximum absolute atomic E-state index is 11.4. The molecule has 2 aliphatic rings. The fraction of sp³-hybridized carbons (Fsp3) is 1.00. The van der Waals surface area contributed by atoms with Crippen molar-refractivity contribution in [2.24, 2.45) is 11.7 Å². The molecular formula is C11H23N3O2S. The van der Waals surface area contributed by atoms with Crippen LogP contribution in [0.2, 0.25) is 0 Å². The number of hydrogen-bond acceptors (Lipinski definition) is 4. The zero-order valence-corrected chi connectivity index (χ0v) is 11.3. The minimum Gasteiger partial charge on any atom is -0.329 e. The SMILES string of the molecule is CS(=O)(=O)N1CCN(C(CN)C2CCC2)CC1. The van der Waals surface area contributed by atoms with Gasteiger partial charge in [0.15, 0.2) is 0 Å². The first-order chi connectivity index (χ1) is 8.02. The molecule has 0 aromatic heterocycles. The van der Waals surface area contributed by atoms with E-state index in [0.29, 0.717) is 25.7 Å². The second-order valence-corrected chi connectivity index (χ2v) is 7.17. The minimum absolute atomic E-state index is 0.463. The monoisotopic (exact) mass is 261 g/mol. The molecule has 1 aliphatic heterocycles. The Morgan fingerprint density at radius 3 is 2.18 bits per heavy atom. The van der Waals surface area contributed by atoms with Crippen LogP contribution in [0.3, 0.4) is 0 Å². The molecule has 1 unspecified atom stereocenters. The molecule has 1 saturated carbocycles. The Labute approximate surface area is 104 Å². The van der Waals surface area contributed by atoms with Crippen LogP contribution in [0.4, 0.5) is 0 Å². The third-order valence-corrected chi connectivity index (χ3v) is 5.45. The lowest BCUT2D eigenvalue weighted by atomic mass is 9.79. The minimum atomic E-state index is -3.02. The van der Waals surface area contributed by atoms with Crippen molar-refractivity contribution >= 4 is 10.0 Å². The number of nitrogens with zero attached hydrogens (tertiary/aromatic N) is 2. The molecule has 1 atom stereocenters. The Kier molecular flexibility index (Phi) is 4.07. The third kappa shape index (κ3) is 2.99. The molecule has 2 fully saturated rings. The average molecular weight is 261 g/mol. The lowest BCUT2D eigenvalue weighted by Crippen LogP contribution is -2.56. The van der Waals surface area contributed by atoms with Crippen molar-refractivity contribution < 1.29 is 8.42 Å². The van der Waals surface area contributed by atoms with Gasteiger partial charge in [-0.15, -0.1) is 0 Å². The van der Waals surface area contributed by atoms with E-state index < -0.39 is 10.0 Å². The van der Waals surface area contributed by atoms with E-state index in [1.807, 2.05) is 0 Å². The zero-order chi connectivity index (χ0) is 12.5. The Bertz CT molecular complexity index is 346. The highest BCUT2D eigenvalue weighted by Gasteiger charge is 2.33. The summed E-state index contributed by atoms with van der Waals surface area (Å²) in [5.41, 5.74) is 5.86. The summed E-state index contributed by atoms with van der Waals surface area (Å²) in [6, 6.07) is 0.463. The molecule has 17 heavy (non-hydrogen) atoms. The summed E-state index contributed by atoms with van der Waals surface area (Å²) < 4.78 is 24.4. The number of sulfonamides is 1. The number of hydrogen-bond donors (Lipinski definition) is 1. The molecule has 0 bridgehead atoms. The summed E-state index contributed by atoms with van der Waals surface area (Å²) in [4.78, 5) is 2.38. The smallest absolute Gasteiger partial charge is 0.211 e. The van der Waals surface area contributed by atoms with Gasteiger partial charge in [0.1, 0.15) is 0 Å². The van der Waals surface area contributed by atoms with Crippen LogP contribution in [0.15, 0.2) is 0 Å². The van der Waals surface area contributed by atoms with Gasteiger partial charge in [-0.2, -0.15) is 4.31 Å². The normalized spacial score (nSPS) is 26.7. The maximum atomic E-state index is 11.4. The van der Waals surface area contributed by atoms with Crippen LogP contribution in [-0.2, 0) is 10.0 Å². The van der Waals surface area contributed by atoms with Gasteiger partial charge in [0, 0.05) is 38.8 Å². The van der Waals surface area contributed by atoms with Crippen molar-refractivity contribution in [1.29, 1.82) is 0 Å². The summed E-state index contributed by atoms with van der Waals surface area (Å²) >= 11 is 0. The van der Waals surface area contributed by atoms with Gasteiger partial charge in [-0.1, -0.05) is 6.42 Å². The molecule has 0 radical (unpaired) electrons. The van der Waals surface area contributed by atoms with E-state index in [0.717, 1.165) is 19.0 Å². The predicted molar refractivity (Wildman–Crippen MR) is 68.2 cm³/mol. The van der Waals surface area contributed by atoms with Crippen molar-refractivity contribution in [1.82, 2.24) is 9.21 Å². The fourth-order valence-corrected chi connectivity index (χ4v) is 3.66. The summed E-state index contributed by atoms with van der Waals surface area (Å²) in [5, 5.41) is 0. The fourth-order valence-electron chi connectivity index (χ4n) is 2.83. The van der Waals surface area contributed by atoms with Crippen LogP contribution in [0, 0.1) is 5.92 Å². The molecule has 1 heterocycles. The second kappa shape index (κ2) is 5.22. The van der Waals surface area contributed by atoms with Gasteiger partial charge in [0.2, 0.25) is 10.0 Å². The molecule has 5 nitrogen and oxygen atoms in total. The quantitative estimate of drug-likeness (QED) is 0.754. The van der Waals surface area contributed by atoms with E-state index in [2.05, 4.69) is 4.90 Å². The highest BCUT2D eigenvalue weighted by Crippen LogP contribution is 2.32. The molecule has 2 rings (SSSR count). The zero-order valence-electron chi connectivity index (χ0n) is 10.5. The van der Waals surface area contributed by atoms with E-state index in [-0.39, 0.29) is 0 Å². The van der Waals surface area contributed by atoms with E-state index >= 15 is 0 Å². The first kappa shape index (κ1) is 13.3. The second-order valence-electron chi connectivity index (χ2n) is 5.19. The first-order valence-electron chi connectivity index (χ1n) is 6.41. The highest BCUT2D eigenvalue weighted by molar-refractivity contribution is 7.88. The lowest BCUT2D eigenvalue weighted by Gasteiger charge is -2.44. The maximum Gasteiger partial charge on any atom is 0.211 e. The van der Waals surface area contributed by atoms with Crippen LogP contribution in [0.25, 0.3) is 0 Å². The van der Waals surface area contributed by atoms with Crippen molar-refractivity contribution in [3.63, 3.8) is 0 Å². The molecular weight excluding hydrogens is 238 g/mol. The molecule has 1 saturated heterocycles. The Morgan fingerprint density at radius 2 is 1.82 bits per heavy atom. The molecule has 1 aliphatic carbocycles. The molecule has 0 spiro atoms. The number of rotatable bonds is 4. The van der Waals surface area contributed by atoms with Crippen LogP contribution in [-0.4, -0.2) is 62.6 Å². The van der Waals surface area contributed by atoms with Crippen molar-refractivity contribution in [3.8, 4) is 0 Å². The summed E-state index contributed by atoms with van der Waals surface area (Å²) in [5.74, 6) is 0.741. The average Bonchev–Trinajstić information content (AvgIpc) is 2.22. The van der Waals surface area contributed by atoms with Crippen LogP contribution >= 0.6 is 0 Å². The largest absolute Gasteiger partial charge is 0.329 e. The van der Waals surface area contributed by atoms with E-state index in [9.17, 15) is 8.42 Å². The Morgan fingerprint density at radius 1 is 1.24 bits per heavy atom. The van der Waals surface area contributed by atoms with Crippen LogP contribution in [0.5, 0.6) is 0 Å². The number of nitrogens with two attached hydrogens (primary N) is 1. The number of piperazine rings is 1. The van der Waals surface area contributed by atoms with Gasteiger partial charge in [-0.25, -0.2) is 8.42 Å². The molecule has 0 aromatic rings. The van der Waals surface area contributed by atoms with Gasteiger partial charge in [0.05, 0.1) is 6.26 Å². The predicted octanol–water partition coefficient (Wildman–Crippen LogP) is -0.309. The summed E-state index contributed by atoms with van der Waals surface area (Å²) in [7, 11) is -3.02. The van der Waals surface area contributed by atoms with E-state index in [1.54, 1.807) is 4.31 Å². The van der Waals surface area contributed by atoms with Crippen LogP contribution < -0.4 is 5.73 Å². The van der Waals surface area contributed by atoms with E-state index in [1.165, 1.54) is 25.5 Å². The standard InChI is InChI=1S/C11H23N3O2S/c1-17(15,16)14-7-5-13(6-8-14)11(9-12)10-3-2-4-10/h10-11H,2-9,12H2,1H3. The van der Waals surface area contributed by atoms with Crippen molar-refractivity contribution in [2.75, 3.05) is 39.0 Å².